The van der Waals surface area contributed by atoms with Gasteiger partial charge >= 0.3 is 5.97 Å². The summed E-state index contributed by atoms with van der Waals surface area (Å²) in [7, 11) is 0.420. The maximum absolute atomic E-state index is 13.1. The molecule has 10 nitrogen and oxygen atoms in total. The lowest BCUT2D eigenvalue weighted by Crippen LogP contribution is -2.35. The molecule has 1 fully saturated rings. The van der Waals surface area contributed by atoms with Gasteiger partial charge in [-0.2, -0.15) is 4.31 Å². The van der Waals surface area contributed by atoms with Gasteiger partial charge in [-0.25, -0.2) is 13.2 Å². The molecule has 0 atom stereocenters. The van der Waals surface area contributed by atoms with Gasteiger partial charge in [0.1, 0.15) is 16.2 Å². The van der Waals surface area contributed by atoms with Gasteiger partial charge in [0.2, 0.25) is 10.0 Å². The second kappa shape index (κ2) is 11.2. The van der Waals surface area contributed by atoms with Crippen molar-refractivity contribution in [3.63, 3.8) is 0 Å². The molecule has 0 aromatic heterocycles. The van der Waals surface area contributed by atoms with Crippen LogP contribution in [0.5, 0.6) is 17.2 Å². The molecule has 1 amide bonds. The molecule has 2 aromatic carbocycles. The number of sulfonamides is 1. The lowest BCUT2D eigenvalue weighted by atomic mass is 10.2. The van der Waals surface area contributed by atoms with E-state index >= 15 is 0 Å². The Balaban J connectivity index is 1.71. The van der Waals surface area contributed by atoms with Gasteiger partial charge in [-0.05, 0) is 43.2 Å². The molecule has 2 aromatic rings. The van der Waals surface area contributed by atoms with Crippen LogP contribution in [-0.2, 0) is 19.6 Å². The van der Waals surface area contributed by atoms with Gasteiger partial charge in [-0.15, -0.1) is 0 Å². The smallest absolute Gasteiger partial charge is 0.342 e. The molecule has 0 radical (unpaired) electrons. The van der Waals surface area contributed by atoms with Gasteiger partial charge in [0.05, 0.1) is 21.3 Å². The zero-order chi connectivity index (χ0) is 24.7. The van der Waals surface area contributed by atoms with Crippen molar-refractivity contribution in [2.75, 3.05) is 46.3 Å². The van der Waals surface area contributed by atoms with Gasteiger partial charge in [-0.3, -0.25) is 4.79 Å². The highest BCUT2D eigenvalue weighted by atomic mass is 32.2. The number of piperidine rings is 1. The summed E-state index contributed by atoms with van der Waals surface area (Å²) in [5.41, 5.74) is 0.338. The Bertz CT molecular complexity index is 1140. The van der Waals surface area contributed by atoms with Crippen molar-refractivity contribution >= 4 is 27.6 Å². The second-order valence-corrected chi connectivity index (χ2v) is 9.40. The lowest BCUT2D eigenvalue weighted by Gasteiger charge is -2.26. The fraction of sp³-hybridized carbons (Fsp3) is 0.391. The highest BCUT2D eigenvalue weighted by Crippen LogP contribution is 2.32. The molecule has 0 bridgehead atoms. The van der Waals surface area contributed by atoms with Crippen LogP contribution >= 0.6 is 0 Å². The number of amides is 1. The quantitative estimate of drug-likeness (QED) is 0.531. The Morgan fingerprint density at radius 3 is 2.29 bits per heavy atom. The van der Waals surface area contributed by atoms with E-state index in [0.717, 1.165) is 19.3 Å². The monoisotopic (exact) mass is 492 g/mol. The first-order chi connectivity index (χ1) is 16.3. The Morgan fingerprint density at radius 1 is 0.941 bits per heavy atom. The van der Waals surface area contributed by atoms with Crippen LogP contribution in [0, 0.1) is 0 Å². The Labute approximate surface area is 198 Å². The molecule has 0 aliphatic carbocycles. The van der Waals surface area contributed by atoms with E-state index < -0.39 is 28.5 Å². The minimum atomic E-state index is -3.79. The van der Waals surface area contributed by atoms with E-state index in [9.17, 15) is 18.0 Å². The molecule has 0 unspecified atom stereocenters. The van der Waals surface area contributed by atoms with Gasteiger partial charge in [0.15, 0.2) is 18.1 Å². The number of esters is 1. The molecule has 3 rings (SSSR count). The molecule has 1 N–H and O–H groups in total. The average Bonchev–Trinajstić information content (AvgIpc) is 2.87. The molecule has 34 heavy (non-hydrogen) atoms. The summed E-state index contributed by atoms with van der Waals surface area (Å²) >= 11 is 0. The van der Waals surface area contributed by atoms with E-state index in [4.69, 9.17) is 18.9 Å². The minimum Gasteiger partial charge on any atom is -0.495 e. The number of para-hydroxylation sites is 1. The third kappa shape index (κ3) is 5.60. The van der Waals surface area contributed by atoms with Crippen molar-refractivity contribution in [3.8, 4) is 17.2 Å². The van der Waals surface area contributed by atoms with Crippen LogP contribution in [0.1, 0.15) is 29.6 Å². The van der Waals surface area contributed by atoms with Crippen molar-refractivity contribution < 1.29 is 37.0 Å². The number of carbonyl (C=O) groups is 2. The van der Waals surface area contributed by atoms with Crippen LogP contribution in [0.4, 0.5) is 5.69 Å². The Hall–Kier alpha value is -3.31. The number of hydrogen-bond acceptors (Lipinski definition) is 8. The molecule has 11 heteroatoms. The van der Waals surface area contributed by atoms with E-state index in [-0.39, 0.29) is 27.6 Å². The molecule has 1 aliphatic heterocycles. The predicted molar refractivity (Wildman–Crippen MR) is 124 cm³/mol. The summed E-state index contributed by atoms with van der Waals surface area (Å²) in [4.78, 5) is 24.8. The van der Waals surface area contributed by atoms with Crippen LogP contribution in [-0.4, -0.2) is 65.6 Å². The van der Waals surface area contributed by atoms with E-state index in [1.807, 2.05) is 0 Å². The summed E-state index contributed by atoms with van der Waals surface area (Å²) in [6.45, 7) is 0.289. The van der Waals surface area contributed by atoms with Crippen LogP contribution in [0.25, 0.3) is 0 Å². The zero-order valence-corrected chi connectivity index (χ0v) is 20.1. The highest BCUT2D eigenvalue weighted by Gasteiger charge is 2.29. The van der Waals surface area contributed by atoms with Gasteiger partial charge < -0.3 is 24.3 Å². The number of nitrogens with one attached hydrogen (secondary N) is 1. The van der Waals surface area contributed by atoms with Gasteiger partial charge in [-0.1, -0.05) is 12.5 Å². The zero-order valence-electron chi connectivity index (χ0n) is 19.3. The molecule has 1 saturated heterocycles. The molecule has 184 valence electrons. The summed E-state index contributed by atoms with van der Waals surface area (Å²) in [6, 6.07) is 9.04. The Morgan fingerprint density at radius 2 is 1.65 bits per heavy atom. The third-order valence-corrected chi connectivity index (χ3v) is 7.26. The number of hydrogen-bond donors (Lipinski definition) is 1. The topological polar surface area (TPSA) is 120 Å². The van der Waals surface area contributed by atoms with Gasteiger partial charge in [0.25, 0.3) is 5.91 Å². The van der Waals surface area contributed by atoms with Crippen molar-refractivity contribution in [2.24, 2.45) is 0 Å². The first-order valence-corrected chi connectivity index (χ1v) is 12.1. The summed E-state index contributed by atoms with van der Waals surface area (Å²) in [6.07, 6.45) is 2.57. The van der Waals surface area contributed by atoms with Crippen molar-refractivity contribution in [3.05, 3.63) is 42.0 Å². The molecule has 0 saturated carbocycles. The average molecular weight is 493 g/mol. The fourth-order valence-electron chi connectivity index (χ4n) is 3.65. The first kappa shape index (κ1) is 25.3. The molecular formula is C23H28N2O8S. The van der Waals surface area contributed by atoms with Crippen molar-refractivity contribution in [1.29, 1.82) is 0 Å². The van der Waals surface area contributed by atoms with E-state index in [1.165, 1.54) is 49.9 Å². The Kier molecular flexibility index (Phi) is 8.35. The maximum atomic E-state index is 13.1. The van der Waals surface area contributed by atoms with E-state index in [2.05, 4.69) is 5.32 Å². The number of benzene rings is 2. The maximum Gasteiger partial charge on any atom is 0.342 e. The van der Waals surface area contributed by atoms with Crippen molar-refractivity contribution in [2.45, 2.75) is 24.2 Å². The first-order valence-electron chi connectivity index (χ1n) is 10.7. The summed E-state index contributed by atoms with van der Waals surface area (Å²) < 4.78 is 48.4. The van der Waals surface area contributed by atoms with Crippen LogP contribution in [0.15, 0.2) is 41.3 Å². The molecule has 1 heterocycles. The second-order valence-electron chi connectivity index (χ2n) is 7.50. The van der Waals surface area contributed by atoms with Crippen LogP contribution in [0.3, 0.4) is 0 Å². The number of anilines is 1. The number of methoxy groups -OCH3 is 3. The third-order valence-electron chi connectivity index (χ3n) is 5.34. The number of carbonyl (C=O) groups excluding carboxylic acids is 2. The van der Waals surface area contributed by atoms with Crippen LogP contribution < -0.4 is 19.5 Å². The standard InChI is InChI=1S/C23H28N2O8S/c1-30-18-11-10-16(14-20(18)34(28,29)25-12-5-4-6-13-25)24-21(26)15-33-23(27)17-8-7-9-19(31-2)22(17)32-3/h7-11,14H,4-6,12-13,15H2,1-3H3,(H,24,26). The van der Waals surface area contributed by atoms with E-state index in [1.54, 1.807) is 12.1 Å². The number of nitrogens with zero attached hydrogens (tertiary/aromatic N) is 1. The summed E-state index contributed by atoms with van der Waals surface area (Å²) in [5, 5.41) is 2.56. The fourth-order valence-corrected chi connectivity index (χ4v) is 5.35. The molecular weight excluding hydrogens is 464 g/mol. The SMILES string of the molecule is COc1ccc(NC(=O)COC(=O)c2cccc(OC)c2OC)cc1S(=O)(=O)N1CCCCC1. The number of rotatable bonds is 9. The largest absolute Gasteiger partial charge is 0.495 e. The van der Waals surface area contributed by atoms with E-state index in [0.29, 0.717) is 18.8 Å². The lowest BCUT2D eigenvalue weighted by molar-refractivity contribution is -0.119. The molecule has 0 spiro atoms. The summed E-state index contributed by atoms with van der Waals surface area (Å²) in [5.74, 6) is -0.684. The van der Waals surface area contributed by atoms with Crippen LogP contribution in [0.2, 0.25) is 0 Å². The van der Waals surface area contributed by atoms with Gasteiger partial charge in [0, 0.05) is 18.8 Å². The highest BCUT2D eigenvalue weighted by molar-refractivity contribution is 7.89. The normalized spacial score (nSPS) is 14.2. The minimum absolute atomic E-state index is 0.0344. The molecule has 1 aliphatic rings. The number of ether oxygens (including phenoxy) is 4. The predicted octanol–water partition coefficient (Wildman–Crippen LogP) is 2.68. The van der Waals surface area contributed by atoms with Crippen molar-refractivity contribution in [1.82, 2.24) is 4.31 Å².